The zero-order valence-corrected chi connectivity index (χ0v) is 21.9. The van der Waals surface area contributed by atoms with E-state index < -0.39 is 23.8 Å². The maximum atomic E-state index is 13.2. The number of ether oxygens (including phenoxy) is 2. The molecule has 0 unspecified atom stereocenters. The standard InChI is InChI=1S/C29H25ClN2O7/c1-3-17-7-11-21(12-8-17)32-27(34)22(26(33)31-29(32)37)13-19-14-23(30)25(24(15-19)38-4-2)39-16-18-5-9-20(10-6-18)28(35)36/h5-15H,3-4,16H2,1-2H3,(H,35,36)(H,31,33,37)/b22-13-. The van der Waals surface area contributed by atoms with E-state index in [-0.39, 0.29) is 40.9 Å². The Labute approximate surface area is 229 Å². The van der Waals surface area contributed by atoms with Crippen LogP contribution < -0.4 is 19.7 Å². The fourth-order valence-corrected chi connectivity index (χ4v) is 4.19. The summed E-state index contributed by atoms with van der Waals surface area (Å²) in [5.41, 5.74) is 2.37. The molecule has 4 rings (SSSR count). The molecule has 0 bridgehead atoms. The van der Waals surface area contributed by atoms with Crippen LogP contribution in [0.4, 0.5) is 10.5 Å². The highest BCUT2D eigenvalue weighted by Crippen LogP contribution is 2.38. The Kier molecular flexibility index (Phi) is 8.31. The molecule has 0 saturated carbocycles. The normalized spacial score (nSPS) is 14.4. The van der Waals surface area contributed by atoms with Gasteiger partial charge in [0, 0.05) is 0 Å². The summed E-state index contributed by atoms with van der Waals surface area (Å²) in [6, 6.07) is 15.4. The summed E-state index contributed by atoms with van der Waals surface area (Å²) >= 11 is 6.51. The fraction of sp³-hybridized carbons (Fsp3) is 0.172. The third-order valence-corrected chi connectivity index (χ3v) is 6.21. The molecule has 1 fully saturated rings. The lowest BCUT2D eigenvalue weighted by atomic mass is 10.1. The molecule has 9 nitrogen and oxygen atoms in total. The van der Waals surface area contributed by atoms with Crippen LogP contribution in [0.25, 0.3) is 6.08 Å². The first-order valence-electron chi connectivity index (χ1n) is 12.1. The van der Waals surface area contributed by atoms with Gasteiger partial charge in [-0.2, -0.15) is 0 Å². The third-order valence-electron chi connectivity index (χ3n) is 5.93. The first-order chi connectivity index (χ1) is 18.7. The quantitative estimate of drug-likeness (QED) is 0.277. The van der Waals surface area contributed by atoms with Crippen molar-refractivity contribution in [1.29, 1.82) is 0 Å². The van der Waals surface area contributed by atoms with Crippen molar-refractivity contribution in [1.82, 2.24) is 5.32 Å². The van der Waals surface area contributed by atoms with Crippen LogP contribution in [0.5, 0.6) is 11.5 Å². The molecule has 0 spiro atoms. The average Bonchev–Trinajstić information content (AvgIpc) is 2.91. The smallest absolute Gasteiger partial charge is 0.335 e. The summed E-state index contributed by atoms with van der Waals surface area (Å²) in [7, 11) is 0. The Morgan fingerprint density at radius 3 is 2.26 bits per heavy atom. The number of carboxylic acid groups (broad SMARTS) is 1. The molecule has 0 radical (unpaired) electrons. The number of hydrogen-bond donors (Lipinski definition) is 2. The van der Waals surface area contributed by atoms with E-state index in [2.05, 4.69) is 5.32 Å². The van der Waals surface area contributed by atoms with Crippen molar-refractivity contribution in [3.8, 4) is 11.5 Å². The summed E-state index contributed by atoms with van der Waals surface area (Å²) in [4.78, 5) is 50.3. The number of rotatable bonds is 9. The highest BCUT2D eigenvalue weighted by Gasteiger charge is 2.36. The van der Waals surface area contributed by atoms with Crippen molar-refractivity contribution < 1.29 is 33.8 Å². The second kappa shape index (κ2) is 11.8. The molecule has 2 N–H and O–H groups in total. The molecular weight excluding hydrogens is 524 g/mol. The molecule has 1 heterocycles. The third kappa shape index (κ3) is 6.10. The molecule has 39 heavy (non-hydrogen) atoms. The van der Waals surface area contributed by atoms with Gasteiger partial charge in [-0.1, -0.05) is 42.8 Å². The molecule has 200 valence electrons. The van der Waals surface area contributed by atoms with E-state index in [1.54, 1.807) is 37.3 Å². The minimum atomic E-state index is -1.03. The van der Waals surface area contributed by atoms with Crippen LogP contribution in [0, 0.1) is 0 Å². The van der Waals surface area contributed by atoms with Gasteiger partial charge in [0.05, 0.1) is 22.9 Å². The highest BCUT2D eigenvalue weighted by molar-refractivity contribution is 6.39. The van der Waals surface area contributed by atoms with Gasteiger partial charge < -0.3 is 14.6 Å². The average molecular weight is 549 g/mol. The zero-order chi connectivity index (χ0) is 28.1. The predicted octanol–water partition coefficient (Wildman–Crippen LogP) is 5.24. The number of amides is 4. The Hall–Kier alpha value is -4.63. The van der Waals surface area contributed by atoms with Gasteiger partial charge in [-0.05, 0) is 72.5 Å². The van der Waals surface area contributed by atoms with Crippen molar-refractivity contribution in [3.05, 3.63) is 93.5 Å². The number of imide groups is 2. The van der Waals surface area contributed by atoms with Crippen LogP contribution in [-0.2, 0) is 22.6 Å². The van der Waals surface area contributed by atoms with Crippen LogP contribution in [0.1, 0.15) is 40.9 Å². The van der Waals surface area contributed by atoms with Crippen molar-refractivity contribution in [2.45, 2.75) is 26.9 Å². The van der Waals surface area contributed by atoms with Crippen molar-refractivity contribution in [2.75, 3.05) is 11.5 Å². The molecular formula is C29H25ClN2O7. The van der Waals surface area contributed by atoms with E-state index in [1.165, 1.54) is 24.3 Å². The topological polar surface area (TPSA) is 122 Å². The minimum absolute atomic E-state index is 0.0922. The van der Waals surface area contributed by atoms with Crippen LogP contribution in [0.15, 0.2) is 66.2 Å². The molecule has 0 aliphatic carbocycles. The number of nitrogens with one attached hydrogen (secondary N) is 1. The largest absolute Gasteiger partial charge is 0.490 e. The maximum Gasteiger partial charge on any atom is 0.335 e. The van der Waals surface area contributed by atoms with Gasteiger partial charge in [0.1, 0.15) is 12.2 Å². The second-order valence-electron chi connectivity index (χ2n) is 8.53. The number of aromatic carboxylic acids is 1. The lowest BCUT2D eigenvalue weighted by molar-refractivity contribution is -0.122. The molecule has 0 aromatic heterocycles. The summed E-state index contributed by atoms with van der Waals surface area (Å²) in [6.45, 7) is 4.15. The number of nitrogens with zero attached hydrogens (tertiary/aromatic N) is 1. The molecule has 0 atom stereocenters. The van der Waals surface area contributed by atoms with Gasteiger partial charge in [-0.15, -0.1) is 0 Å². The predicted molar refractivity (Wildman–Crippen MR) is 145 cm³/mol. The van der Waals surface area contributed by atoms with Crippen LogP contribution in [0.2, 0.25) is 5.02 Å². The Bertz CT molecular complexity index is 1460. The van der Waals surface area contributed by atoms with Gasteiger partial charge in [-0.25, -0.2) is 14.5 Å². The maximum absolute atomic E-state index is 13.2. The lowest BCUT2D eigenvalue weighted by Crippen LogP contribution is -2.54. The number of benzene rings is 3. The van der Waals surface area contributed by atoms with Crippen LogP contribution in [-0.4, -0.2) is 35.5 Å². The number of urea groups is 1. The molecule has 1 aliphatic heterocycles. The van der Waals surface area contributed by atoms with E-state index in [4.69, 9.17) is 26.2 Å². The molecule has 3 aromatic carbocycles. The number of hydrogen-bond acceptors (Lipinski definition) is 6. The number of aryl methyl sites for hydroxylation is 1. The van der Waals surface area contributed by atoms with Gasteiger partial charge in [0.15, 0.2) is 11.5 Å². The monoisotopic (exact) mass is 548 g/mol. The van der Waals surface area contributed by atoms with Gasteiger partial charge in [0.25, 0.3) is 11.8 Å². The van der Waals surface area contributed by atoms with Crippen LogP contribution in [0.3, 0.4) is 0 Å². The lowest BCUT2D eigenvalue weighted by Gasteiger charge is -2.26. The molecule has 3 aromatic rings. The summed E-state index contributed by atoms with van der Waals surface area (Å²) < 4.78 is 11.6. The first kappa shape index (κ1) is 27.4. The summed E-state index contributed by atoms with van der Waals surface area (Å²) in [6.07, 6.45) is 2.13. The number of carbonyl (C=O) groups excluding carboxylic acids is 3. The molecule has 10 heteroatoms. The van der Waals surface area contributed by atoms with Gasteiger partial charge >= 0.3 is 12.0 Å². The number of halogens is 1. The molecule has 1 saturated heterocycles. The molecule has 4 amide bonds. The van der Waals surface area contributed by atoms with Gasteiger partial charge in [0.2, 0.25) is 0 Å². The number of anilines is 1. The molecule has 1 aliphatic rings. The Morgan fingerprint density at radius 1 is 0.974 bits per heavy atom. The summed E-state index contributed by atoms with van der Waals surface area (Å²) in [5, 5.41) is 11.4. The number of carbonyl (C=O) groups is 4. The summed E-state index contributed by atoms with van der Waals surface area (Å²) in [5.74, 6) is -2.10. The second-order valence-corrected chi connectivity index (χ2v) is 8.94. The minimum Gasteiger partial charge on any atom is -0.490 e. The Morgan fingerprint density at radius 2 is 1.64 bits per heavy atom. The van der Waals surface area contributed by atoms with Crippen molar-refractivity contribution in [3.63, 3.8) is 0 Å². The SMILES string of the molecule is CCOc1cc(/C=C2/C(=O)NC(=O)N(c3ccc(CC)cc3)C2=O)cc(Cl)c1OCc1ccc(C(=O)O)cc1. The zero-order valence-electron chi connectivity index (χ0n) is 21.2. The van der Waals surface area contributed by atoms with E-state index in [0.29, 0.717) is 16.8 Å². The van der Waals surface area contributed by atoms with Crippen molar-refractivity contribution in [2.24, 2.45) is 0 Å². The van der Waals surface area contributed by atoms with E-state index in [0.717, 1.165) is 16.9 Å². The number of carboxylic acids is 1. The van der Waals surface area contributed by atoms with E-state index in [1.807, 2.05) is 19.1 Å². The van der Waals surface area contributed by atoms with Crippen molar-refractivity contribution >= 4 is 47.2 Å². The van der Waals surface area contributed by atoms with E-state index >= 15 is 0 Å². The van der Waals surface area contributed by atoms with E-state index in [9.17, 15) is 19.2 Å². The fourth-order valence-electron chi connectivity index (χ4n) is 3.91. The van der Waals surface area contributed by atoms with Gasteiger partial charge in [-0.3, -0.25) is 14.9 Å². The number of barbiturate groups is 1. The first-order valence-corrected chi connectivity index (χ1v) is 12.5. The highest BCUT2D eigenvalue weighted by atomic mass is 35.5. The van der Waals surface area contributed by atoms with Crippen LogP contribution >= 0.6 is 11.6 Å². The Balaban J connectivity index is 1.62.